The van der Waals surface area contributed by atoms with Gasteiger partial charge in [-0.3, -0.25) is 0 Å². The molecular formula is C26H34N6O3. The van der Waals surface area contributed by atoms with Crippen LogP contribution in [0.1, 0.15) is 64.2 Å². The highest BCUT2D eigenvalue weighted by Gasteiger charge is 2.33. The molecule has 1 amide bonds. The molecule has 0 N–H and O–H groups in total. The van der Waals surface area contributed by atoms with Crippen LogP contribution in [-0.2, 0) is 23.1 Å². The predicted octanol–water partition coefficient (Wildman–Crippen LogP) is 4.71. The Kier molecular flexibility index (Phi) is 7.39. The van der Waals surface area contributed by atoms with Crippen LogP contribution in [0, 0.1) is 23.2 Å². The number of rotatable bonds is 7. The molecule has 0 bridgehead atoms. The van der Waals surface area contributed by atoms with Crippen LogP contribution in [0.2, 0.25) is 0 Å². The van der Waals surface area contributed by atoms with Crippen molar-refractivity contribution in [2.24, 2.45) is 11.8 Å². The summed E-state index contributed by atoms with van der Waals surface area (Å²) in [6.07, 6.45) is 5.09. The minimum absolute atomic E-state index is 0.171. The SMILES string of the molecule is CC(C)Cc1noc(C(C)(C)CN2CCCCC(Cn3cnc4ccc(C#N)cc43)COC2=O)n1. The summed E-state index contributed by atoms with van der Waals surface area (Å²) < 4.78 is 13.4. The molecule has 0 saturated carbocycles. The van der Waals surface area contributed by atoms with E-state index in [1.165, 1.54) is 0 Å². The van der Waals surface area contributed by atoms with E-state index < -0.39 is 5.41 Å². The Morgan fingerprint density at radius 2 is 2.11 bits per heavy atom. The van der Waals surface area contributed by atoms with Crippen LogP contribution in [0.25, 0.3) is 11.0 Å². The molecule has 9 nitrogen and oxygen atoms in total. The zero-order chi connectivity index (χ0) is 25.0. The minimum atomic E-state index is -0.483. The molecule has 1 aliphatic heterocycles. The fourth-order valence-electron chi connectivity index (χ4n) is 4.55. The topological polar surface area (TPSA) is 110 Å². The summed E-state index contributed by atoms with van der Waals surface area (Å²) in [5.74, 6) is 1.86. The second-order valence-corrected chi connectivity index (χ2v) is 10.6. The number of benzene rings is 1. The summed E-state index contributed by atoms with van der Waals surface area (Å²) in [6, 6.07) is 7.68. The molecule has 1 unspecified atom stereocenters. The van der Waals surface area contributed by atoms with Gasteiger partial charge in [-0.1, -0.05) is 25.4 Å². The number of aromatic nitrogens is 4. The number of ether oxygens (including phenoxy) is 1. The zero-order valence-corrected chi connectivity index (χ0v) is 21.0. The van der Waals surface area contributed by atoms with E-state index >= 15 is 0 Å². The zero-order valence-electron chi connectivity index (χ0n) is 21.0. The first-order valence-electron chi connectivity index (χ1n) is 12.3. The monoisotopic (exact) mass is 478 g/mol. The van der Waals surface area contributed by atoms with E-state index in [2.05, 4.69) is 39.6 Å². The van der Waals surface area contributed by atoms with E-state index in [9.17, 15) is 10.1 Å². The number of amides is 1. The van der Waals surface area contributed by atoms with Gasteiger partial charge in [-0.15, -0.1) is 0 Å². The molecule has 1 atom stereocenters. The molecule has 1 aliphatic rings. The number of imidazole rings is 1. The molecule has 2 aromatic heterocycles. The molecule has 1 fully saturated rings. The smallest absolute Gasteiger partial charge is 0.409 e. The summed E-state index contributed by atoms with van der Waals surface area (Å²) >= 11 is 0. The maximum absolute atomic E-state index is 13.0. The first kappa shape index (κ1) is 24.7. The van der Waals surface area contributed by atoms with Gasteiger partial charge in [0.1, 0.15) is 0 Å². The van der Waals surface area contributed by atoms with Crippen molar-refractivity contribution in [3.8, 4) is 6.07 Å². The van der Waals surface area contributed by atoms with Crippen LogP contribution in [0.5, 0.6) is 0 Å². The molecule has 4 rings (SSSR count). The van der Waals surface area contributed by atoms with Gasteiger partial charge in [-0.2, -0.15) is 10.2 Å². The Morgan fingerprint density at radius 3 is 2.89 bits per heavy atom. The van der Waals surface area contributed by atoms with Gasteiger partial charge in [0.15, 0.2) is 5.82 Å². The number of fused-ring (bicyclic) bond motifs is 1. The molecule has 186 valence electrons. The maximum atomic E-state index is 13.0. The molecule has 3 heterocycles. The largest absolute Gasteiger partial charge is 0.449 e. The van der Waals surface area contributed by atoms with Crippen molar-refractivity contribution < 1.29 is 14.1 Å². The van der Waals surface area contributed by atoms with Crippen molar-refractivity contribution in [2.45, 2.75) is 65.3 Å². The number of cyclic esters (lactones) is 1. The molecule has 1 aromatic carbocycles. The number of carbonyl (C=O) groups excluding carboxylic acids is 1. The molecular weight excluding hydrogens is 444 g/mol. The summed E-state index contributed by atoms with van der Waals surface area (Å²) in [5, 5.41) is 13.3. The van der Waals surface area contributed by atoms with Gasteiger partial charge < -0.3 is 18.7 Å². The number of hydrogen-bond acceptors (Lipinski definition) is 7. The van der Waals surface area contributed by atoms with Crippen LogP contribution in [-0.4, -0.2) is 50.4 Å². The van der Waals surface area contributed by atoms with Crippen molar-refractivity contribution in [2.75, 3.05) is 19.7 Å². The minimum Gasteiger partial charge on any atom is -0.449 e. The van der Waals surface area contributed by atoms with E-state index in [0.29, 0.717) is 49.4 Å². The van der Waals surface area contributed by atoms with E-state index in [0.717, 1.165) is 36.7 Å². The van der Waals surface area contributed by atoms with E-state index in [1.807, 2.05) is 26.0 Å². The van der Waals surface area contributed by atoms with Gasteiger partial charge in [0.25, 0.3) is 0 Å². The summed E-state index contributed by atoms with van der Waals surface area (Å²) in [7, 11) is 0. The lowest BCUT2D eigenvalue weighted by Crippen LogP contribution is -2.42. The average molecular weight is 479 g/mol. The molecule has 3 aromatic rings. The number of carbonyl (C=O) groups is 1. The first-order valence-corrected chi connectivity index (χ1v) is 12.3. The van der Waals surface area contributed by atoms with Gasteiger partial charge in [-0.05, 0) is 50.8 Å². The molecule has 1 saturated heterocycles. The van der Waals surface area contributed by atoms with Crippen molar-refractivity contribution >= 4 is 17.1 Å². The third kappa shape index (κ3) is 5.99. The molecule has 35 heavy (non-hydrogen) atoms. The Labute approximate surface area is 206 Å². The fraction of sp³-hybridized carbons (Fsp3) is 0.577. The lowest BCUT2D eigenvalue weighted by atomic mass is 9.92. The first-order chi connectivity index (χ1) is 16.7. The Morgan fingerprint density at radius 1 is 1.29 bits per heavy atom. The quantitative estimate of drug-likeness (QED) is 0.484. The van der Waals surface area contributed by atoms with Crippen molar-refractivity contribution in [3.63, 3.8) is 0 Å². The summed E-state index contributed by atoms with van der Waals surface area (Å²) in [5.41, 5.74) is 1.91. The average Bonchev–Trinajstić information content (AvgIpc) is 3.46. The molecule has 0 spiro atoms. The number of nitrogens with zero attached hydrogens (tertiary/aromatic N) is 6. The van der Waals surface area contributed by atoms with Crippen LogP contribution in [0.3, 0.4) is 0 Å². The van der Waals surface area contributed by atoms with Crippen LogP contribution in [0.4, 0.5) is 4.79 Å². The van der Waals surface area contributed by atoms with Gasteiger partial charge in [-0.25, -0.2) is 9.78 Å². The van der Waals surface area contributed by atoms with Crippen LogP contribution >= 0.6 is 0 Å². The highest BCUT2D eigenvalue weighted by Crippen LogP contribution is 2.26. The standard InChI is InChI=1S/C26H34N6O3/c1-18(2)11-23-29-24(35-30-23)26(3,4)16-31-10-6-5-7-20(15-34-25(31)33)14-32-17-28-21-9-8-19(13-27)12-22(21)32/h8-9,12,17-18,20H,5-7,10-11,14-16H2,1-4H3. The highest BCUT2D eigenvalue weighted by molar-refractivity contribution is 5.77. The van der Waals surface area contributed by atoms with E-state index in [-0.39, 0.29) is 12.0 Å². The van der Waals surface area contributed by atoms with Crippen molar-refractivity contribution in [3.05, 3.63) is 41.8 Å². The van der Waals surface area contributed by atoms with Crippen molar-refractivity contribution in [1.82, 2.24) is 24.6 Å². The second-order valence-electron chi connectivity index (χ2n) is 10.6. The lowest BCUT2D eigenvalue weighted by molar-refractivity contribution is 0.0802. The van der Waals surface area contributed by atoms with E-state index in [1.54, 1.807) is 17.3 Å². The number of hydrogen-bond donors (Lipinski definition) is 0. The normalized spacial score (nSPS) is 17.7. The molecule has 0 radical (unpaired) electrons. The summed E-state index contributed by atoms with van der Waals surface area (Å²) in [6.45, 7) is 10.4. The second kappa shape index (κ2) is 10.5. The summed E-state index contributed by atoms with van der Waals surface area (Å²) in [4.78, 5) is 23.8. The Balaban J connectivity index is 1.40. The molecule has 9 heteroatoms. The third-order valence-electron chi connectivity index (χ3n) is 6.42. The van der Waals surface area contributed by atoms with E-state index in [4.69, 9.17) is 9.26 Å². The lowest BCUT2D eigenvalue weighted by Gasteiger charge is -2.29. The van der Waals surface area contributed by atoms with Gasteiger partial charge in [0.2, 0.25) is 5.89 Å². The fourth-order valence-corrected chi connectivity index (χ4v) is 4.55. The third-order valence-corrected chi connectivity index (χ3v) is 6.42. The van der Waals surface area contributed by atoms with Crippen LogP contribution in [0.15, 0.2) is 29.0 Å². The highest BCUT2D eigenvalue weighted by atomic mass is 16.6. The van der Waals surface area contributed by atoms with Gasteiger partial charge in [0, 0.05) is 32.0 Å². The van der Waals surface area contributed by atoms with Gasteiger partial charge >= 0.3 is 6.09 Å². The van der Waals surface area contributed by atoms with Crippen molar-refractivity contribution in [1.29, 1.82) is 5.26 Å². The van der Waals surface area contributed by atoms with Crippen LogP contribution < -0.4 is 0 Å². The predicted molar refractivity (Wildman–Crippen MR) is 131 cm³/mol. The molecule has 0 aliphatic carbocycles. The van der Waals surface area contributed by atoms with Gasteiger partial charge in [0.05, 0.1) is 41.0 Å². The number of nitriles is 1. The maximum Gasteiger partial charge on any atom is 0.409 e. The Bertz CT molecular complexity index is 1210. The Hall–Kier alpha value is -3.41.